The maximum atomic E-state index is 10.7. The molecular formula is C8H8N2O4. The summed E-state index contributed by atoms with van der Waals surface area (Å²) in [6.45, 7) is 3.29. The highest BCUT2D eigenvalue weighted by Crippen LogP contribution is 2.01. The Bertz CT molecular complexity index is 435. The zero-order valence-electron chi connectivity index (χ0n) is 7.17. The van der Waals surface area contributed by atoms with E-state index in [1.807, 2.05) is 0 Å². The van der Waals surface area contributed by atoms with Gasteiger partial charge in [0.05, 0.1) is 18.1 Å². The quantitative estimate of drug-likeness (QED) is 0.509. The van der Waals surface area contributed by atoms with E-state index in [0.717, 1.165) is 12.4 Å². The highest BCUT2D eigenvalue weighted by atomic mass is 16.5. The van der Waals surface area contributed by atoms with Gasteiger partial charge < -0.3 is 10.3 Å². The zero-order chi connectivity index (χ0) is 10.7. The highest BCUT2D eigenvalue weighted by molar-refractivity contribution is 5.86. The fourth-order valence-corrected chi connectivity index (χ4v) is 0.821. The fourth-order valence-electron chi connectivity index (χ4n) is 0.821. The molecule has 0 atom stereocenters. The molecule has 0 aliphatic carbocycles. The van der Waals surface area contributed by atoms with Crippen LogP contribution < -0.4 is 5.56 Å². The summed E-state index contributed by atoms with van der Waals surface area (Å²) in [5.41, 5.74) is -0.467. The molecule has 1 aromatic rings. The molecule has 0 saturated heterocycles. The molecule has 1 aromatic heterocycles. The third-order valence-corrected chi connectivity index (χ3v) is 1.53. The van der Waals surface area contributed by atoms with Crippen LogP contribution in [0.25, 0.3) is 0 Å². The summed E-state index contributed by atoms with van der Waals surface area (Å²) in [5.74, 6) is -1.14. The normalized spacial score (nSPS) is 9.71. The van der Waals surface area contributed by atoms with E-state index in [4.69, 9.17) is 10.3 Å². The molecule has 1 rings (SSSR count). The third-order valence-electron chi connectivity index (χ3n) is 1.53. The summed E-state index contributed by atoms with van der Waals surface area (Å²) in [7, 11) is 0. The summed E-state index contributed by atoms with van der Waals surface area (Å²) < 4.78 is 0.345. The molecule has 14 heavy (non-hydrogen) atoms. The van der Waals surface area contributed by atoms with E-state index in [1.54, 1.807) is 0 Å². The minimum absolute atomic E-state index is 0.0177. The molecule has 0 aliphatic rings. The molecule has 0 aliphatic heterocycles. The van der Waals surface area contributed by atoms with Crippen LogP contribution in [0.3, 0.4) is 0 Å². The molecule has 0 radical (unpaired) electrons. The zero-order valence-corrected chi connectivity index (χ0v) is 7.17. The number of hydrogen-bond acceptors (Lipinski definition) is 4. The van der Waals surface area contributed by atoms with Gasteiger partial charge in [0.25, 0.3) is 0 Å². The van der Waals surface area contributed by atoms with Crippen molar-refractivity contribution in [2.75, 3.05) is 0 Å². The largest absolute Gasteiger partial charge is 0.478 e. The molecule has 2 N–H and O–H groups in total. The molecular weight excluding hydrogens is 188 g/mol. The van der Waals surface area contributed by atoms with Crippen molar-refractivity contribution in [3.8, 4) is 0 Å². The number of carboxylic acids is 1. The van der Waals surface area contributed by atoms with Crippen molar-refractivity contribution < 1.29 is 15.1 Å². The lowest BCUT2D eigenvalue weighted by Crippen LogP contribution is -2.18. The SMILES string of the molecule is C=C(Cc1cn(O)c(=O)cn1)C(=O)O. The van der Waals surface area contributed by atoms with E-state index in [9.17, 15) is 9.59 Å². The third kappa shape index (κ3) is 2.19. The van der Waals surface area contributed by atoms with Gasteiger partial charge in [0.1, 0.15) is 0 Å². The Balaban J connectivity index is 2.89. The first-order valence-electron chi connectivity index (χ1n) is 3.68. The van der Waals surface area contributed by atoms with Crippen molar-refractivity contribution >= 4 is 5.97 Å². The molecule has 1 heterocycles. The molecule has 0 unspecified atom stereocenters. The number of aliphatic carboxylic acids is 1. The lowest BCUT2D eigenvalue weighted by atomic mass is 10.2. The minimum Gasteiger partial charge on any atom is -0.478 e. The maximum absolute atomic E-state index is 10.7. The highest BCUT2D eigenvalue weighted by Gasteiger charge is 2.07. The van der Waals surface area contributed by atoms with Gasteiger partial charge in [-0.1, -0.05) is 6.58 Å². The average Bonchev–Trinajstić information content (AvgIpc) is 2.11. The fraction of sp³-hybridized carbons (Fsp3) is 0.125. The van der Waals surface area contributed by atoms with Gasteiger partial charge in [-0.25, -0.2) is 4.79 Å². The van der Waals surface area contributed by atoms with Crippen LogP contribution in [0.4, 0.5) is 0 Å². The number of rotatable bonds is 3. The molecule has 0 spiro atoms. The molecule has 0 fully saturated rings. The van der Waals surface area contributed by atoms with Crippen molar-refractivity contribution in [1.29, 1.82) is 0 Å². The van der Waals surface area contributed by atoms with Crippen LogP contribution >= 0.6 is 0 Å². The van der Waals surface area contributed by atoms with Crippen molar-refractivity contribution in [2.45, 2.75) is 6.42 Å². The number of carbonyl (C=O) groups is 1. The van der Waals surface area contributed by atoms with Gasteiger partial charge in [-0.15, -0.1) is 0 Å². The van der Waals surface area contributed by atoms with Gasteiger partial charge >= 0.3 is 11.5 Å². The van der Waals surface area contributed by atoms with Gasteiger partial charge in [0.15, 0.2) is 0 Å². The molecule has 6 nitrogen and oxygen atoms in total. The average molecular weight is 196 g/mol. The van der Waals surface area contributed by atoms with Crippen LogP contribution in [-0.2, 0) is 11.2 Å². The Labute approximate surface area is 78.7 Å². The molecule has 0 amide bonds. The van der Waals surface area contributed by atoms with Crippen molar-refractivity contribution in [3.63, 3.8) is 0 Å². The van der Waals surface area contributed by atoms with Crippen LogP contribution in [-0.4, -0.2) is 26.0 Å². The lowest BCUT2D eigenvalue weighted by molar-refractivity contribution is -0.132. The number of hydrogen-bond donors (Lipinski definition) is 2. The summed E-state index contributed by atoms with van der Waals surface area (Å²) in [4.78, 5) is 24.7. The van der Waals surface area contributed by atoms with E-state index in [2.05, 4.69) is 11.6 Å². The number of carboxylic acid groups (broad SMARTS) is 1. The van der Waals surface area contributed by atoms with E-state index in [-0.39, 0.29) is 17.7 Å². The van der Waals surface area contributed by atoms with Crippen LogP contribution in [0.5, 0.6) is 0 Å². The second kappa shape index (κ2) is 3.73. The molecule has 0 saturated carbocycles. The van der Waals surface area contributed by atoms with Crippen LogP contribution in [0.1, 0.15) is 5.69 Å². The van der Waals surface area contributed by atoms with Gasteiger partial charge in [-0.2, -0.15) is 4.73 Å². The van der Waals surface area contributed by atoms with Gasteiger partial charge in [-0.05, 0) is 0 Å². The Morgan fingerprint density at radius 1 is 1.64 bits per heavy atom. The maximum Gasteiger partial charge on any atom is 0.331 e. The van der Waals surface area contributed by atoms with Gasteiger partial charge in [-0.3, -0.25) is 9.78 Å². The van der Waals surface area contributed by atoms with E-state index < -0.39 is 11.5 Å². The Morgan fingerprint density at radius 2 is 2.29 bits per heavy atom. The van der Waals surface area contributed by atoms with Gasteiger partial charge in [0, 0.05) is 12.0 Å². The smallest absolute Gasteiger partial charge is 0.331 e. The van der Waals surface area contributed by atoms with E-state index in [0.29, 0.717) is 4.73 Å². The van der Waals surface area contributed by atoms with E-state index in [1.165, 1.54) is 0 Å². The monoisotopic (exact) mass is 196 g/mol. The number of aromatic nitrogens is 2. The summed E-state index contributed by atoms with van der Waals surface area (Å²) in [6.07, 6.45) is 1.94. The van der Waals surface area contributed by atoms with Crippen LogP contribution in [0.2, 0.25) is 0 Å². The Morgan fingerprint density at radius 3 is 2.79 bits per heavy atom. The summed E-state index contributed by atoms with van der Waals surface area (Å²) >= 11 is 0. The first-order chi connectivity index (χ1) is 6.50. The van der Waals surface area contributed by atoms with Crippen LogP contribution in [0.15, 0.2) is 29.3 Å². The predicted octanol–water partition coefficient (Wildman–Crippen LogP) is -0.336. The first kappa shape index (κ1) is 9.97. The number of nitrogens with zero attached hydrogens (tertiary/aromatic N) is 2. The first-order valence-corrected chi connectivity index (χ1v) is 3.68. The Hall–Kier alpha value is -2.11. The second-order valence-electron chi connectivity index (χ2n) is 2.65. The molecule has 0 bridgehead atoms. The topological polar surface area (TPSA) is 92.4 Å². The lowest BCUT2D eigenvalue weighted by Gasteiger charge is -2.00. The van der Waals surface area contributed by atoms with Gasteiger partial charge in [0.2, 0.25) is 0 Å². The van der Waals surface area contributed by atoms with Crippen LogP contribution in [0, 0.1) is 0 Å². The van der Waals surface area contributed by atoms with Crippen molar-refractivity contribution in [1.82, 2.24) is 9.71 Å². The predicted molar refractivity (Wildman–Crippen MR) is 46.2 cm³/mol. The van der Waals surface area contributed by atoms with E-state index >= 15 is 0 Å². The summed E-state index contributed by atoms with van der Waals surface area (Å²) in [5, 5.41) is 17.4. The molecule has 0 aromatic carbocycles. The van der Waals surface area contributed by atoms with Crippen molar-refractivity contribution in [3.05, 3.63) is 40.6 Å². The molecule has 6 heteroatoms. The summed E-state index contributed by atoms with van der Waals surface area (Å²) in [6, 6.07) is 0. The second-order valence-corrected chi connectivity index (χ2v) is 2.65. The van der Waals surface area contributed by atoms with Crippen molar-refractivity contribution in [2.24, 2.45) is 0 Å². The standard InChI is InChI=1S/C8H8N2O4/c1-5(8(12)13)2-6-4-10(14)7(11)3-9-6/h3-4,14H,1-2H2,(H,12,13). The molecule has 74 valence electrons. The Kier molecular flexibility index (Phi) is 2.66. The minimum atomic E-state index is -1.14.